The summed E-state index contributed by atoms with van der Waals surface area (Å²) in [5, 5.41) is 0. The van der Waals surface area contributed by atoms with Crippen LogP contribution in [0.2, 0.25) is 0 Å². The van der Waals surface area contributed by atoms with Gasteiger partial charge in [-0.1, -0.05) is 26.3 Å². The molecule has 3 unspecified atom stereocenters. The minimum absolute atomic E-state index is 0.0110. The average Bonchev–Trinajstić information content (AvgIpc) is 2.60. The van der Waals surface area contributed by atoms with E-state index in [4.69, 9.17) is 0 Å². The Morgan fingerprint density at radius 1 is 1.08 bits per heavy atom. The molecule has 0 saturated carbocycles. The number of rotatable bonds is 3. The summed E-state index contributed by atoms with van der Waals surface area (Å²) < 4.78 is 27.7. The molecule has 0 aromatic heterocycles. The molecule has 5 nitrogen and oxygen atoms in total. The van der Waals surface area contributed by atoms with Gasteiger partial charge in [0, 0.05) is 31.2 Å². The van der Waals surface area contributed by atoms with E-state index in [9.17, 15) is 13.2 Å². The molecule has 144 valence electrons. The minimum atomic E-state index is -3.56. The molecule has 26 heavy (non-hydrogen) atoms. The van der Waals surface area contributed by atoms with Gasteiger partial charge in [0.15, 0.2) is 0 Å². The number of hydrogen-bond acceptors (Lipinski definition) is 3. The number of nitrogens with zero attached hydrogens (tertiary/aromatic N) is 2. The average molecular weight is 379 g/mol. The van der Waals surface area contributed by atoms with E-state index in [1.165, 1.54) is 0 Å². The highest BCUT2D eigenvalue weighted by Crippen LogP contribution is 2.27. The third-order valence-corrected chi connectivity index (χ3v) is 7.60. The fourth-order valence-corrected chi connectivity index (χ4v) is 6.11. The molecule has 2 aliphatic heterocycles. The van der Waals surface area contributed by atoms with Crippen molar-refractivity contribution in [1.82, 2.24) is 9.21 Å². The van der Waals surface area contributed by atoms with Crippen molar-refractivity contribution >= 4 is 15.9 Å². The lowest BCUT2D eigenvalue weighted by atomic mass is 9.91. The summed E-state index contributed by atoms with van der Waals surface area (Å²) in [5.74, 6) is 0.889. The van der Waals surface area contributed by atoms with Gasteiger partial charge in [-0.25, -0.2) is 8.42 Å². The van der Waals surface area contributed by atoms with Crippen LogP contribution in [-0.4, -0.2) is 49.2 Å². The largest absolute Gasteiger partial charge is 0.338 e. The second-order valence-electron chi connectivity index (χ2n) is 8.14. The molecule has 2 heterocycles. The van der Waals surface area contributed by atoms with Crippen molar-refractivity contribution in [3.8, 4) is 0 Å². The van der Waals surface area contributed by atoms with Gasteiger partial charge in [0.2, 0.25) is 10.0 Å². The third-order valence-electron chi connectivity index (χ3n) is 5.59. The Morgan fingerprint density at radius 3 is 2.42 bits per heavy atom. The maximum absolute atomic E-state index is 13.1. The number of hydrogen-bond donors (Lipinski definition) is 0. The Hall–Kier alpha value is -1.40. The molecule has 2 fully saturated rings. The molecule has 3 rings (SSSR count). The SMILES string of the molecule is CC1CC(C)CN(C(=O)c2cccc(S(=O)(=O)N3CCCCC3C)c2)C1. The number of carbonyl (C=O) groups excluding carboxylic acids is 1. The molecule has 0 radical (unpaired) electrons. The van der Waals surface area contributed by atoms with Gasteiger partial charge >= 0.3 is 0 Å². The molecule has 1 aromatic rings. The Bertz CT molecular complexity index is 752. The van der Waals surface area contributed by atoms with E-state index in [1.54, 1.807) is 28.6 Å². The first-order valence-corrected chi connectivity index (χ1v) is 11.1. The smallest absolute Gasteiger partial charge is 0.253 e. The van der Waals surface area contributed by atoms with Gasteiger partial charge in [0.05, 0.1) is 4.90 Å². The normalized spacial score (nSPS) is 28.1. The summed E-state index contributed by atoms with van der Waals surface area (Å²) in [5.41, 5.74) is 0.469. The zero-order valence-corrected chi connectivity index (χ0v) is 16.8. The van der Waals surface area contributed by atoms with E-state index in [0.29, 0.717) is 23.9 Å². The van der Waals surface area contributed by atoms with Gasteiger partial charge in [-0.15, -0.1) is 0 Å². The van der Waals surface area contributed by atoms with Gasteiger partial charge in [-0.2, -0.15) is 4.31 Å². The standard InChI is InChI=1S/C20H30N2O3S/c1-15-11-16(2)14-21(13-15)20(23)18-8-6-9-19(12-18)26(24,25)22-10-5-4-7-17(22)3/h6,8-9,12,15-17H,4-5,7,10-11,13-14H2,1-3H3. The molecule has 2 aliphatic rings. The third kappa shape index (κ3) is 3.96. The zero-order chi connectivity index (χ0) is 18.9. The van der Waals surface area contributed by atoms with Crippen LogP contribution in [0.1, 0.15) is 56.8 Å². The van der Waals surface area contributed by atoms with E-state index in [0.717, 1.165) is 38.8 Å². The molecule has 0 spiro atoms. The summed E-state index contributed by atoms with van der Waals surface area (Å²) in [6.45, 7) is 8.32. The number of carbonyl (C=O) groups is 1. The molecule has 0 aliphatic carbocycles. The van der Waals surface area contributed by atoms with Crippen LogP contribution < -0.4 is 0 Å². The maximum atomic E-state index is 13.1. The summed E-state index contributed by atoms with van der Waals surface area (Å²) in [6.07, 6.45) is 3.98. The summed E-state index contributed by atoms with van der Waals surface area (Å²) in [7, 11) is -3.56. The lowest BCUT2D eigenvalue weighted by molar-refractivity contribution is 0.0623. The second-order valence-corrected chi connectivity index (χ2v) is 10.0. The van der Waals surface area contributed by atoms with Gasteiger partial charge in [0.25, 0.3) is 5.91 Å². The number of sulfonamides is 1. The summed E-state index contributed by atoms with van der Waals surface area (Å²) >= 11 is 0. The highest BCUT2D eigenvalue weighted by Gasteiger charge is 2.32. The molecule has 0 N–H and O–H groups in total. The van der Waals surface area contributed by atoms with Crippen molar-refractivity contribution in [2.45, 2.75) is 57.4 Å². The molecular formula is C20H30N2O3S. The van der Waals surface area contributed by atoms with Crippen LogP contribution in [0, 0.1) is 11.8 Å². The zero-order valence-electron chi connectivity index (χ0n) is 16.0. The number of amides is 1. The van der Waals surface area contributed by atoms with Crippen LogP contribution in [0.3, 0.4) is 0 Å². The fourth-order valence-electron chi connectivity index (χ4n) is 4.37. The molecule has 1 amide bonds. The van der Waals surface area contributed by atoms with Gasteiger partial charge in [0.1, 0.15) is 0 Å². The number of piperidine rings is 2. The second kappa shape index (κ2) is 7.69. The molecule has 6 heteroatoms. The van der Waals surface area contributed by atoms with Crippen molar-refractivity contribution in [1.29, 1.82) is 0 Å². The molecule has 1 aromatic carbocycles. The number of benzene rings is 1. The molecule has 0 bridgehead atoms. The number of likely N-dealkylation sites (tertiary alicyclic amines) is 1. The van der Waals surface area contributed by atoms with E-state index in [-0.39, 0.29) is 16.8 Å². The van der Waals surface area contributed by atoms with E-state index in [1.807, 2.05) is 11.8 Å². The van der Waals surface area contributed by atoms with E-state index in [2.05, 4.69) is 13.8 Å². The first-order valence-electron chi connectivity index (χ1n) is 9.70. The van der Waals surface area contributed by atoms with Crippen molar-refractivity contribution in [3.05, 3.63) is 29.8 Å². The summed E-state index contributed by atoms with van der Waals surface area (Å²) in [6, 6.07) is 6.59. The predicted octanol–water partition coefficient (Wildman–Crippen LogP) is 3.37. The Labute approximate surface area is 157 Å². The fraction of sp³-hybridized carbons (Fsp3) is 0.650. The highest BCUT2D eigenvalue weighted by atomic mass is 32.2. The van der Waals surface area contributed by atoms with Crippen LogP contribution >= 0.6 is 0 Å². The topological polar surface area (TPSA) is 57.7 Å². The van der Waals surface area contributed by atoms with Crippen molar-refractivity contribution in [3.63, 3.8) is 0 Å². The Kier molecular flexibility index (Phi) is 5.72. The van der Waals surface area contributed by atoms with Crippen LogP contribution in [0.15, 0.2) is 29.2 Å². The van der Waals surface area contributed by atoms with E-state index >= 15 is 0 Å². The Morgan fingerprint density at radius 2 is 1.77 bits per heavy atom. The molecule has 2 saturated heterocycles. The molecular weight excluding hydrogens is 348 g/mol. The predicted molar refractivity (Wildman–Crippen MR) is 102 cm³/mol. The van der Waals surface area contributed by atoms with Crippen molar-refractivity contribution < 1.29 is 13.2 Å². The van der Waals surface area contributed by atoms with Crippen LogP contribution in [0.5, 0.6) is 0 Å². The highest BCUT2D eigenvalue weighted by molar-refractivity contribution is 7.89. The molecule has 3 atom stereocenters. The van der Waals surface area contributed by atoms with Crippen LogP contribution in [-0.2, 0) is 10.0 Å². The first kappa shape index (κ1) is 19.4. The van der Waals surface area contributed by atoms with Gasteiger partial charge in [-0.3, -0.25) is 4.79 Å². The van der Waals surface area contributed by atoms with Gasteiger partial charge < -0.3 is 4.90 Å². The quantitative estimate of drug-likeness (QED) is 0.810. The minimum Gasteiger partial charge on any atom is -0.338 e. The van der Waals surface area contributed by atoms with Crippen LogP contribution in [0.25, 0.3) is 0 Å². The summed E-state index contributed by atoms with van der Waals surface area (Å²) in [4.78, 5) is 15.0. The van der Waals surface area contributed by atoms with Crippen molar-refractivity contribution in [2.24, 2.45) is 11.8 Å². The maximum Gasteiger partial charge on any atom is 0.253 e. The lowest BCUT2D eigenvalue weighted by Gasteiger charge is -2.35. The Balaban J connectivity index is 1.84. The first-order chi connectivity index (χ1) is 12.3. The van der Waals surface area contributed by atoms with Gasteiger partial charge in [-0.05, 0) is 56.2 Å². The van der Waals surface area contributed by atoms with E-state index < -0.39 is 10.0 Å². The van der Waals surface area contributed by atoms with Crippen molar-refractivity contribution in [2.75, 3.05) is 19.6 Å². The lowest BCUT2D eigenvalue weighted by Crippen LogP contribution is -2.43. The monoisotopic (exact) mass is 378 g/mol. The van der Waals surface area contributed by atoms with Crippen LogP contribution in [0.4, 0.5) is 0 Å².